The van der Waals surface area contributed by atoms with Gasteiger partial charge in [-0.25, -0.2) is 19.8 Å². The number of ether oxygens (including phenoxy) is 2. The number of halogens is 1. The Morgan fingerprint density at radius 3 is 2.49 bits per heavy atom. The van der Waals surface area contributed by atoms with Crippen LogP contribution in [0.3, 0.4) is 0 Å². The molecule has 0 spiro atoms. The number of hydrogen-bond donors (Lipinski definition) is 0. The predicted octanol–water partition coefficient (Wildman–Crippen LogP) is 5.42. The summed E-state index contributed by atoms with van der Waals surface area (Å²) in [5.74, 6) is -0.122. The van der Waals surface area contributed by atoms with Crippen molar-refractivity contribution in [1.29, 1.82) is 0 Å². The molecule has 0 amide bonds. The predicted molar refractivity (Wildman–Crippen MR) is 174 cm³/mol. The number of carbonyl (C=O) groups is 1. The summed E-state index contributed by atoms with van der Waals surface area (Å²) in [4.78, 5) is 53.2. The summed E-state index contributed by atoms with van der Waals surface area (Å²) in [6.07, 6.45) is 1.19. The van der Waals surface area contributed by atoms with Crippen LogP contribution in [0.2, 0.25) is 0 Å². The Morgan fingerprint density at radius 1 is 1.13 bits per heavy atom. The Labute approximate surface area is 274 Å². The van der Waals surface area contributed by atoms with Gasteiger partial charge in [0.05, 0.1) is 38.8 Å². The number of aromatic nitrogens is 3. The Bertz CT molecular complexity index is 2050. The van der Waals surface area contributed by atoms with Crippen molar-refractivity contribution in [2.24, 2.45) is 4.99 Å². The molecule has 1 atom stereocenters. The SMILES string of the molecule is COc1ccc(Br)cc1[C@@H]1C(C(=O)OC(C)C)=C(C)N=c2s/c(=C\c3ccc(Sc4nc(C)cc(C)n4)c([N+](=O)[O-])c3)c(=O)n21. The van der Waals surface area contributed by atoms with Gasteiger partial charge in [-0.05, 0) is 88.4 Å². The summed E-state index contributed by atoms with van der Waals surface area (Å²) in [6.45, 7) is 8.86. The minimum absolute atomic E-state index is 0.143. The number of thiazole rings is 1. The summed E-state index contributed by atoms with van der Waals surface area (Å²) in [5.41, 5.74) is 2.59. The molecule has 0 saturated heterocycles. The third kappa shape index (κ3) is 6.77. The van der Waals surface area contributed by atoms with Gasteiger partial charge in [0.2, 0.25) is 0 Å². The highest BCUT2D eigenvalue weighted by Gasteiger charge is 2.35. The molecule has 2 aromatic carbocycles. The largest absolute Gasteiger partial charge is 0.496 e. The van der Waals surface area contributed by atoms with Gasteiger partial charge >= 0.3 is 5.97 Å². The summed E-state index contributed by atoms with van der Waals surface area (Å²) in [7, 11) is 1.51. The second-order valence-electron chi connectivity index (χ2n) is 10.4. The molecule has 0 unspecified atom stereocenters. The molecule has 4 aromatic rings. The van der Waals surface area contributed by atoms with Crippen molar-refractivity contribution in [3.05, 3.63) is 111 Å². The van der Waals surface area contributed by atoms with E-state index < -0.39 is 28.6 Å². The lowest BCUT2D eigenvalue weighted by Gasteiger charge is -2.26. The van der Waals surface area contributed by atoms with Crippen LogP contribution in [0, 0.1) is 24.0 Å². The fourth-order valence-electron chi connectivity index (χ4n) is 4.92. The number of carbonyl (C=O) groups excluding carboxylic acids is 1. The van der Waals surface area contributed by atoms with Crippen LogP contribution in [-0.2, 0) is 9.53 Å². The zero-order valence-corrected chi connectivity index (χ0v) is 28.4. The molecule has 0 saturated carbocycles. The lowest BCUT2D eigenvalue weighted by Crippen LogP contribution is -2.40. The van der Waals surface area contributed by atoms with E-state index in [0.717, 1.165) is 39.0 Å². The van der Waals surface area contributed by atoms with Crippen molar-refractivity contribution >= 4 is 56.8 Å². The van der Waals surface area contributed by atoms with Gasteiger partial charge < -0.3 is 9.47 Å². The van der Waals surface area contributed by atoms with Crippen LogP contribution < -0.4 is 19.6 Å². The standard InChI is InChI=1S/C31H28BrN5O6S2/c1-15(2)43-29(39)26-18(5)35-31-36(27(26)21-14-20(32)8-9-23(21)42-6)28(38)25(45-31)13-19-7-10-24(22(12-19)37(40)41)44-30-33-16(3)11-17(4)34-30/h7-15,27H,1-6H3/b25-13-/t27-/m1/s1. The van der Waals surface area contributed by atoms with Gasteiger partial charge in [-0.2, -0.15) is 0 Å². The highest BCUT2D eigenvalue weighted by molar-refractivity contribution is 9.10. The van der Waals surface area contributed by atoms with Crippen molar-refractivity contribution in [3.8, 4) is 5.75 Å². The van der Waals surface area contributed by atoms with Crippen LogP contribution in [0.15, 0.2) is 78.0 Å². The number of nitrogens with zero attached hydrogens (tertiary/aromatic N) is 5. The first-order valence-corrected chi connectivity index (χ1v) is 16.1. The second kappa shape index (κ2) is 13.1. The average Bonchev–Trinajstić information content (AvgIpc) is 3.25. The molecule has 0 fully saturated rings. The number of hydrogen-bond acceptors (Lipinski definition) is 11. The molecule has 0 aliphatic carbocycles. The van der Waals surface area contributed by atoms with Crippen LogP contribution in [-0.4, -0.2) is 38.6 Å². The molecule has 45 heavy (non-hydrogen) atoms. The molecular formula is C31H28BrN5O6S2. The van der Waals surface area contributed by atoms with Gasteiger partial charge in [-0.15, -0.1) is 0 Å². The summed E-state index contributed by atoms with van der Waals surface area (Å²) in [5, 5.41) is 12.5. The van der Waals surface area contributed by atoms with Crippen LogP contribution in [0.1, 0.15) is 49.3 Å². The van der Waals surface area contributed by atoms with Crippen molar-refractivity contribution in [2.45, 2.75) is 56.8 Å². The van der Waals surface area contributed by atoms with Crippen LogP contribution >= 0.6 is 39.0 Å². The van der Waals surface area contributed by atoms with Gasteiger partial charge in [-0.3, -0.25) is 19.5 Å². The van der Waals surface area contributed by atoms with Gasteiger partial charge in [-0.1, -0.05) is 33.3 Å². The van der Waals surface area contributed by atoms with Crippen molar-refractivity contribution in [3.63, 3.8) is 0 Å². The third-order valence-corrected chi connectivity index (χ3v) is 9.12. The maximum absolute atomic E-state index is 14.1. The zero-order chi connectivity index (χ0) is 32.6. The summed E-state index contributed by atoms with van der Waals surface area (Å²) < 4.78 is 13.7. The minimum atomic E-state index is -0.895. The number of rotatable bonds is 8. The second-order valence-corrected chi connectivity index (χ2v) is 13.4. The fourth-order valence-corrected chi connectivity index (χ4v) is 7.29. The quantitative estimate of drug-likeness (QED) is 0.102. The Morgan fingerprint density at radius 2 is 1.84 bits per heavy atom. The van der Waals surface area contributed by atoms with E-state index in [1.807, 2.05) is 19.9 Å². The highest BCUT2D eigenvalue weighted by Crippen LogP contribution is 2.38. The Balaban J connectivity index is 1.65. The number of aryl methyl sites for hydroxylation is 2. The van der Waals surface area contributed by atoms with E-state index in [9.17, 15) is 19.7 Å². The molecular weight excluding hydrogens is 682 g/mol. The molecule has 1 aliphatic rings. The van der Waals surface area contributed by atoms with E-state index in [1.165, 1.54) is 17.7 Å². The number of benzene rings is 2. The van der Waals surface area contributed by atoms with Crippen molar-refractivity contribution in [1.82, 2.24) is 14.5 Å². The van der Waals surface area contributed by atoms with E-state index >= 15 is 0 Å². The number of fused-ring (bicyclic) bond motifs is 1. The molecule has 0 N–H and O–H groups in total. The first-order valence-electron chi connectivity index (χ1n) is 13.7. The topological polar surface area (TPSA) is 139 Å². The average molecular weight is 711 g/mol. The first-order chi connectivity index (χ1) is 21.4. The van der Waals surface area contributed by atoms with E-state index in [0.29, 0.717) is 37.4 Å². The molecule has 3 heterocycles. The summed E-state index contributed by atoms with van der Waals surface area (Å²) >= 11 is 5.72. The van der Waals surface area contributed by atoms with Crippen molar-refractivity contribution < 1.29 is 19.2 Å². The molecule has 0 radical (unpaired) electrons. The number of esters is 1. The minimum Gasteiger partial charge on any atom is -0.496 e. The maximum atomic E-state index is 14.1. The number of allylic oxidation sites excluding steroid dienone is 1. The third-order valence-electron chi connectivity index (χ3n) is 6.71. The molecule has 1 aliphatic heterocycles. The molecule has 232 valence electrons. The van der Waals surface area contributed by atoms with Crippen LogP contribution in [0.4, 0.5) is 5.69 Å². The Hall–Kier alpha value is -4.14. The molecule has 11 nitrogen and oxygen atoms in total. The first kappa shape index (κ1) is 32.3. The lowest BCUT2D eigenvalue weighted by atomic mass is 9.95. The number of methoxy groups -OCH3 is 1. The lowest BCUT2D eigenvalue weighted by molar-refractivity contribution is -0.387. The van der Waals surface area contributed by atoms with Gasteiger partial charge in [0, 0.05) is 27.5 Å². The van der Waals surface area contributed by atoms with Crippen molar-refractivity contribution in [2.75, 3.05) is 7.11 Å². The highest BCUT2D eigenvalue weighted by atomic mass is 79.9. The molecule has 2 aromatic heterocycles. The van der Waals surface area contributed by atoms with Crippen LogP contribution in [0.25, 0.3) is 6.08 Å². The smallest absolute Gasteiger partial charge is 0.338 e. The van der Waals surface area contributed by atoms with E-state index in [1.54, 1.807) is 57.2 Å². The van der Waals surface area contributed by atoms with E-state index in [2.05, 4.69) is 30.9 Å². The number of nitro benzene ring substituents is 1. The van der Waals surface area contributed by atoms with E-state index in [-0.39, 0.29) is 15.8 Å². The van der Waals surface area contributed by atoms with Crippen LogP contribution in [0.5, 0.6) is 5.75 Å². The molecule has 0 bridgehead atoms. The molecule has 14 heteroatoms. The van der Waals surface area contributed by atoms with Gasteiger partial charge in [0.25, 0.3) is 11.2 Å². The summed E-state index contributed by atoms with van der Waals surface area (Å²) in [6, 6.07) is 11.0. The van der Waals surface area contributed by atoms with E-state index in [4.69, 9.17) is 9.47 Å². The monoisotopic (exact) mass is 709 g/mol. The molecule has 5 rings (SSSR count). The zero-order valence-electron chi connectivity index (χ0n) is 25.2. The maximum Gasteiger partial charge on any atom is 0.338 e. The van der Waals surface area contributed by atoms with Gasteiger partial charge in [0.1, 0.15) is 11.8 Å². The fraction of sp³-hybridized carbons (Fsp3) is 0.258. The number of nitro groups is 1. The van der Waals surface area contributed by atoms with Gasteiger partial charge in [0.15, 0.2) is 9.96 Å². The normalized spacial score (nSPS) is 14.8. The Kier molecular flexibility index (Phi) is 9.37.